The summed E-state index contributed by atoms with van der Waals surface area (Å²) >= 11 is 1.20. The van der Waals surface area contributed by atoms with Gasteiger partial charge in [0.1, 0.15) is 49.0 Å². The van der Waals surface area contributed by atoms with Crippen LogP contribution in [0.1, 0.15) is 180 Å². The molecule has 8 atom stereocenters. The molecule has 1 aliphatic rings. The Morgan fingerprint density at radius 2 is 0.958 bits per heavy atom. The van der Waals surface area contributed by atoms with Gasteiger partial charge < -0.3 is 99.7 Å². The summed E-state index contributed by atoms with van der Waals surface area (Å²) in [4.78, 5) is 183. The molecule has 96 heavy (non-hydrogen) atoms. The normalized spacial score (nSPS) is 15.0. The van der Waals surface area contributed by atoms with Crippen LogP contribution in [0.4, 0.5) is 0 Å². The number of thioether (sulfide) groups is 1. The lowest BCUT2D eigenvalue weighted by atomic mass is 10.0. The number of amides is 7. The number of phosphoric ester groups is 1. The second kappa shape index (κ2) is 48.6. The third-order valence-corrected chi connectivity index (χ3v) is 15.6. The van der Waals surface area contributed by atoms with E-state index in [0.717, 1.165) is 38.5 Å². The Labute approximate surface area is 560 Å². The Morgan fingerprint density at radius 1 is 0.552 bits per heavy atom. The van der Waals surface area contributed by atoms with Gasteiger partial charge in [-0.2, -0.15) is 11.8 Å². The Bertz CT molecular complexity index is 2680. The summed E-state index contributed by atoms with van der Waals surface area (Å²) in [6, 6.07) is -9.85. The van der Waals surface area contributed by atoms with Crippen LogP contribution in [0.3, 0.4) is 0 Å². The predicted molar refractivity (Wildman–Crippen MR) is 347 cm³/mol. The molecule has 0 bridgehead atoms. The number of hydrogen-bond donors (Lipinski definition) is 17. The molecule has 0 spiro atoms. The van der Waals surface area contributed by atoms with Crippen molar-refractivity contribution in [2.45, 2.75) is 229 Å². The monoisotopic (exact) mass is 1410 g/mol. The zero-order chi connectivity index (χ0) is 72.2. The number of carbonyl (C=O) groups excluding carboxylic acids is 9. The zero-order valence-electron chi connectivity index (χ0n) is 54.5. The minimum Gasteiger partial charge on any atom is -0.505 e. The van der Waals surface area contributed by atoms with Gasteiger partial charge in [0.05, 0.1) is 6.42 Å². The Balaban J connectivity index is 3.31. The number of nitrogens with one attached hydrogen (secondary N) is 6. The number of esters is 2. The van der Waals surface area contributed by atoms with Crippen molar-refractivity contribution < 1.29 is 111 Å². The van der Waals surface area contributed by atoms with Crippen LogP contribution in [0.15, 0.2) is 21.5 Å². The number of guanidine groups is 2. The van der Waals surface area contributed by atoms with E-state index in [2.05, 4.69) is 53.3 Å². The topological polar surface area (TPSA) is 607 Å². The van der Waals surface area contributed by atoms with Crippen LogP contribution in [0.5, 0.6) is 0 Å². The number of rotatable bonds is 56. The third kappa shape index (κ3) is 39.8. The number of carboxylic acid groups (broad SMARTS) is 3. The summed E-state index contributed by atoms with van der Waals surface area (Å²) in [6.45, 7) is 1.41. The van der Waals surface area contributed by atoms with Crippen LogP contribution in [-0.2, 0) is 80.8 Å². The van der Waals surface area contributed by atoms with Crippen LogP contribution in [0, 0.1) is 0 Å². The molecule has 0 aliphatic carbocycles. The van der Waals surface area contributed by atoms with E-state index in [1.165, 1.54) is 56.7 Å². The number of nitrogens with zero attached hydrogens (tertiary/aromatic N) is 2. The standard InChI is InChI=1S/C58H100N13O23PS/c1-3-4-5-6-7-8-9-10-11-12-13-14-15-16-32-91-41(48-47(79)49(56(87)93-48)94-95(88,89)90)34-92-46(78)28-25-43(73)66-36(22-26-44(74)75)51(81)69-38(23-27-45(76)77)53(83)70-39(29-33-96-2)54(84)68-37(21-24-42(59)72)52(82)67-35(19-17-30-64-57(60)61)50(80)71-40(55(85)86)20-18-31-65-58(62)63/h35-41,48,79H,3-34H2,1-2H3,(H2,59,72)(H,66,73)(H,67,82)(H,68,84)(H,69,81)(H,70,83)(H,71,80)(H,74,75)(H,76,77)(H,85,86)(H4,60,61,64)(H4,62,63,65)(H2,88,89,90). The molecular weight excluding hydrogens is 1310 g/mol. The van der Waals surface area contributed by atoms with Crippen molar-refractivity contribution in [3.05, 3.63) is 11.5 Å². The fourth-order valence-electron chi connectivity index (χ4n) is 9.42. The van der Waals surface area contributed by atoms with Gasteiger partial charge in [-0.15, -0.1) is 0 Å². The average Bonchev–Trinajstić information content (AvgIpc) is 1.66. The van der Waals surface area contributed by atoms with Crippen molar-refractivity contribution in [2.75, 3.05) is 38.3 Å². The number of aliphatic imine (C=N–C) groups is 2. The Morgan fingerprint density at radius 3 is 1.38 bits per heavy atom. The van der Waals surface area contributed by atoms with E-state index in [9.17, 15) is 92.3 Å². The molecule has 0 saturated heterocycles. The van der Waals surface area contributed by atoms with Crippen molar-refractivity contribution in [1.82, 2.24) is 31.9 Å². The summed E-state index contributed by atoms with van der Waals surface area (Å²) in [5, 5.41) is 54.0. The highest BCUT2D eigenvalue weighted by Gasteiger charge is 2.45. The maximum atomic E-state index is 14.2. The van der Waals surface area contributed by atoms with E-state index in [0.29, 0.717) is 6.42 Å². The average molecular weight is 1410 g/mol. The number of primary amides is 1. The first-order chi connectivity index (χ1) is 45.4. The number of aliphatic carboxylic acids is 3. The van der Waals surface area contributed by atoms with E-state index in [1.807, 2.05) is 0 Å². The Hall–Kier alpha value is -8.02. The molecule has 0 saturated carbocycles. The van der Waals surface area contributed by atoms with Gasteiger partial charge in [0.15, 0.2) is 23.8 Å². The van der Waals surface area contributed by atoms with Gasteiger partial charge in [-0.25, -0.2) is 14.2 Å². The number of aliphatic hydroxyl groups excluding tert-OH is 1. The van der Waals surface area contributed by atoms with Crippen LogP contribution in [-0.4, -0.2) is 200 Å². The number of unbranched alkanes of at least 4 members (excludes halogenated alkanes) is 13. The van der Waals surface area contributed by atoms with Crippen molar-refractivity contribution >= 4 is 103 Å². The highest BCUT2D eigenvalue weighted by atomic mass is 32.2. The van der Waals surface area contributed by atoms with E-state index in [4.69, 9.17) is 42.9 Å². The van der Waals surface area contributed by atoms with E-state index < -0.39 is 197 Å². The maximum Gasteiger partial charge on any atom is 0.525 e. The van der Waals surface area contributed by atoms with Crippen LogP contribution in [0.2, 0.25) is 0 Å². The largest absolute Gasteiger partial charge is 0.525 e. The Kier molecular flexibility index (Phi) is 43.6. The predicted octanol–water partition coefficient (Wildman–Crippen LogP) is -0.171. The summed E-state index contributed by atoms with van der Waals surface area (Å²) in [7, 11) is -5.38. The maximum absolute atomic E-state index is 14.2. The number of aliphatic hydroxyl groups is 1. The summed E-state index contributed by atoms with van der Waals surface area (Å²) < 4.78 is 32.1. The van der Waals surface area contributed by atoms with Crippen molar-refractivity contribution in [1.29, 1.82) is 0 Å². The number of ether oxygens (including phenoxy) is 3. The van der Waals surface area contributed by atoms with Gasteiger partial charge in [0.25, 0.3) is 5.76 Å². The quantitative estimate of drug-likeness (QED) is 0.0124. The molecule has 1 rings (SSSR count). The summed E-state index contributed by atoms with van der Waals surface area (Å²) in [5.74, 6) is -17.0. The first-order valence-corrected chi connectivity index (χ1v) is 34.8. The van der Waals surface area contributed by atoms with E-state index in [1.54, 1.807) is 6.26 Å². The molecule has 546 valence electrons. The van der Waals surface area contributed by atoms with Crippen LogP contribution < -0.4 is 60.6 Å². The van der Waals surface area contributed by atoms with Crippen molar-refractivity contribution in [3.8, 4) is 0 Å². The fourth-order valence-corrected chi connectivity index (χ4v) is 10.3. The number of cyclic esters (lactones) is 1. The summed E-state index contributed by atoms with van der Waals surface area (Å²) in [6.07, 6.45) is 7.79. The molecule has 0 aromatic heterocycles. The molecule has 7 amide bonds. The number of nitrogens with two attached hydrogens (primary N) is 5. The van der Waals surface area contributed by atoms with Crippen LogP contribution >= 0.6 is 19.6 Å². The molecule has 36 nitrogen and oxygen atoms in total. The lowest BCUT2D eigenvalue weighted by Gasteiger charge is -2.27. The molecule has 8 unspecified atom stereocenters. The number of carbonyl (C=O) groups is 12. The molecule has 22 N–H and O–H groups in total. The van der Waals surface area contributed by atoms with Gasteiger partial charge in [-0.3, -0.25) is 67.7 Å². The molecule has 1 aliphatic heterocycles. The van der Waals surface area contributed by atoms with Crippen LogP contribution in [0.25, 0.3) is 0 Å². The second-order valence-electron chi connectivity index (χ2n) is 22.6. The third-order valence-electron chi connectivity index (χ3n) is 14.5. The second-order valence-corrected chi connectivity index (χ2v) is 24.8. The molecule has 0 fully saturated rings. The SMILES string of the molecule is CCCCCCCCCCCCCCCCOC(COC(=O)CCC(=O)NC(CCC(=O)O)C(=O)NC(CCC(=O)O)C(=O)NC(CCSC)C(=O)NC(CCC(N)=O)C(=O)NC(CCCN=C(N)N)C(=O)NC(CCCN=C(N)N)C(=O)O)C1OC(=O)C(OP(=O)(O)O)=C1O. The highest BCUT2D eigenvalue weighted by Crippen LogP contribution is 2.42. The zero-order valence-corrected chi connectivity index (χ0v) is 56.2. The van der Waals surface area contributed by atoms with Gasteiger partial charge in [0.2, 0.25) is 41.4 Å². The van der Waals surface area contributed by atoms with Gasteiger partial charge in [0, 0.05) is 45.4 Å². The molecule has 0 aromatic rings. The minimum atomic E-state index is -5.38. The number of hydrogen-bond acceptors (Lipinski definition) is 21. The lowest BCUT2D eigenvalue weighted by Crippen LogP contribution is -2.59. The molecule has 0 aromatic carbocycles. The molecule has 0 radical (unpaired) electrons. The fraction of sp³-hybridized carbons (Fsp3) is 0.724. The van der Waals surface area contributed by atoms with Gasteiger partial charge >= 0.3 is 37.7 Å². The van der Waals surface area contributed by atoms with Gasteiger partial charge in [-0.05, 0) is 69.8 Å². The van der Waals surface area contributed by atoms with E-state index in [-0.39, 0.29) is 69.5 Å². The van der Waals surface area contributed by atoms with Crippen molar-refractivity contribution in [2.24, 2.45) is 38.7 Å². The smallest absolute Gasteiger partial charge is 0.505 e. The number of phosphoric acid groups is 1. The summed E-state index contributed by atoms with van der Waals surface area (Å²) in [5.41, 5.74) is 26.9. The molecule has 1 heterocycles. The minimum absolute atomic E-state index is 0.00491. The number of carboxylic acids is 3. The highest BCUT2D eigenvalue weighted by molar-refractivity contribution is 7.98. The molecular formula is C58H100N13O23PS. The van der Waals surface area contributed by atoms with Gasteiger partial charge in [-0.1, -0.05) is 90.4 Å². The first kappa shape index (κ1) is 86.0. The van der Waals surface area contributed by atoms with Crippen molar-refractivity contribution in [3.63, 3.8) is 0 Å². The van der Waals surface area contributed by atoms with E-state index >= 15 is 0 Å². The first-order valence-electron chi connectivity index (χ1n) is 31.9. The lowest BCUT2D eigenvalue weighted by molar-refractivity contribution is -0.159. The molecule has 38 heteroatoms.